The lowest BCUT2D eigenvalue weighted by Crippen LogP contribution is -2.48. The highest BCUT2D eigenvalue weighted by Crippen LogP contribution is 2.37. The van der Waals surface area contributed by atoms with Gasteiger partial charge in [0.15, 0.2) is 0 Å². The maximum atomic E-state index is 13.6. The van der Waals surface area contributed by atoms with E-state index in [1.807, 2.05) is 0 Å². The third kappa shape index (κ3) is 3.72. The molecule has 0 saturated heterocycles. The number of alkyl halides is 2. The zero-order valence-electron chi connectivity index (χ0n) is 12.2. The van der Waals surface area contributed by atoms with Crippen LogP contribution in [0.2, 0.25) is 0 Å². The third-order valence-corrected chi connectivity index (χ3v) is 3.41. The summed E-state index contributed by atoms with van der Waals surface area (Å²) in [7, 11) is 1.11. The van der Waals surface area contributed by atoms with Crippen LogP contribution in [0.25, 0.3) is 0 Å². The lowest BCUT2D eigenvalue weighted by atomic mass is 9.85. The molecule has 0 spiro atoms. The fourth-order valence-corrected chi connectivity index (χ4v) is 1.52. The van der Waals surface area contributed by atoms with Crippen molar-refractivity contribution < 1.29 is 27.2 Å². The van der Waals surface area contributed by atoms with Crippen LogP contribution >= 0.6 is 0 Å². The molecule has 0 radical (unpaired) electrons. The van der Waals surface area contributed by atoms with Gasteiger partial charge in [-0.25, -0.2) is 22.6 Å². The van der Waals surface area contributed by atoms with E-state index in [-0.39, 0.29) is 5.56 Å². The number of rotatable bonds is 5. The molecule has 1 amide bonds. The van der Waals surface area contributed by atoms with Gasteiger partial charge in [-0.2, -0.15) is 0 Å². The summed E-state index contributed by atoms with van der Waals surface area (Å²) in [5.41, 5.74) is -2.07. The van der Waals surface area contributed by atoms with Crippen LogP contribution < -0.4 is 0 Å². The van der Waals surface area contributed by atoms with E-state index < -0.39 is 35.4 Å². The summed E-state index contributed by atoms with van der Waals surface area (Å²) < 4.78 is 53.4. The molecule has 0 saturated carbocycles. The van der Waals surface area contributed by atoms with Crippen LogP contribution in [0.15, 0.2) is 18.2 Å². The van der Waals surface area contributed by atoms with Crippen LogP contribution in [0, 0.1) is 17.0 Å². The number of nitrogens with zero attached hydrogens (tertiary/aromatic N) is 1. The van der Waals surface area contributed by atoms with Crippen molar-refractivity contribution in [2.45, 2.75) is 33.2 Å². The van der Waals surface area contributed by atoms with Gasteiger partial charge >= 0.3 is 0 Å². The second-order valence-corrected chi connectivity index (χ2v) is 5.27. The van der Waals surface area contributed by atoms with Gasteiger partial charge in [-0.15, -0.1) is 0 Å². The van der Waals surface area contributed by atoms with Gasteiger partial charge in [-0.05, 0) is 19.9 Å². The minimum Gasteiger partial charge on any atom is -0.274 e. The van der Waals surface area contributed by atoms with Crippen molar-refractivity contribution in [1.29, 1.82) is 0 Å². The standard InChI is InChI=1S/C14H17F4NO2/c1-13(2,14(3,17)18)12(20)19(21-4)8-9-5-6-10(15)7-11(9)16/h5-7H,8H2,1-4H3. The van der Waals surface area contributed by atoms with Gasteiger partial charge < -0.3 is 0 Å². The molecule has 7 heteroatoms. The lowest BCUT2D eigenvalue weighted by molar-refractivity contribution is -0.205. The molecule has 0 fully saturated rings. The molecule has 118 valence electrons. The van der Waals surface area contributed by atoms with Crippen LogP contribution in [0.3, 0.4) is 0 Å². The first kappa shape index (κ1) is 17.4. The summed E-state index contributed by atoms with van der Waals surface area (Å²) in [6, 6.07) is 2.78. The molecule has 0 aliphatic carbocycles. The Morgan fingerprint density at radius 2 is 1.81 bits per heavy atom. The van der Waals surface area contributed by atoms with Gasteiger partial charge in [-0.3, -0.25) is 9.63 Å². The topological polar surface area (TPSA) is 29.5 Å². The molecule has 0 N–H and O–H groups in total. The molecule has 1 rings (SSSR count). The summed E-state index contributed by atoms with van der Waals surface area (Å²) in [4.78, 5) is 16.9. The van der Waals surface area contributed by atoms with Crippen molar-refractivity contribution in [3.63, 3.8) is 0 Å². The monoisotopic (exact) mass is 307 g/mol. The molecule has 21 heavy (non-hydrogen) atoms. The largest absolute Gasteiger partial charge is 0.274 e. The van der Waals surface area contributed by atoms with E-state index in [9.17, 15) is 22.4 Å². The number of hydrogen-bond donors (Lipinski definition) is 0. The average molecular weight is 307 g/mol. The summed E-state index contributed by atoms with van der Waals surface area (Å²) in [5.74, 6) is -5.94. The fraction of sp³-hybridized carbons (Fsp3) is 0.500. The van der Waals surface area contributed by atoms with E-state index in [1.54, 1.807) is 0 Å². The first-order valence-electron chi connectivity index (χ1n) is 6.18. The fourth-order valence-electron chi connectivity index (χ4n) is 1.52. The van der Waals surface area contributed by atoms with Gasteiger partial charge in [0.05, 0.1) is 13.7 Å². The Kier molecular flexibility index (Phi) is 4.99. The highest BCUT2D eigenvalue weighted by molar-refractivity contribution is 5.82. The number of benzene rings is 1. The van der Waals surface area contributed by atoms with Crippen molar-refractivity contribution in [2.75, 3.05) is 7.11 Å². The molecule has 0 bridgehead atoms. The highest BCUT2D eigenvalue weighted by Gasteiger charge is 2.50. The number of halogens is 4. The smallest absolute Gasteiger partial charge is 0.259 e. The minimum atomic E-state index is -3.29. The van der Waals surface area contributed by atoms with Crippen LogP contribution in [-0.4, -0.2) is 24.0 Å². The molecule has 0 unspecified atom stereocenters. The SMILES string of the molecule is CON(Cc1ccc(F)cc1F)C(=O)C(C)(C)C(C)(F)F. The number of hydroxylamine groups is 2. The molecule has 3 nitrogen and oxygen atoms in total. The Morgan fingerprint density at radius 3 is 2.24 bits per heavy atom. The van der Waals surface area contributed by atoms with Gasteiger partial charge in [0.25, 0.3) is 11.8 Å². The van der Waals surface area contributed by atoms with Gasteiger partial charge in [0.2, 0.25) is 0 Å². The summed E-state index contributed by atoms with van der Waals surface area (Å²) in [6.07, 6.45) is 0. The second-order valence-electron chi connectivity index (χ2n) is 5.27. The predicted molar refractivity (Wildman–Crippen MR) is 68.3 cm³/mol. The van der Waals surface area contributed by atoms with E-state index in [1.165, 1.54) is 0 Å². The third-order valence-electron chi connectivity index (χ3n) is 3.41. The molecule has 0 aromatic heterocycles. The summed E-state index contributed by atoms with van der Waals surface area (Å²) >= 11 is 0. The van der Waals surface area contributed by atoms with Crippen molar-refractivity contribution >= 4 is 5.91 Å². The number of carbonyl (C=O) groups excluding carboxylic acids is 1. The van der Waals surface area contributed by atoms with E-state index in [2.05, 4.69) is 0 Å². The van der Waals surface area contributed by atoms with E-state index in [4.69, 9.17) is 4.84 Å². The molecule has 1 aromatic rings. The highest BCUT2D eigenvalue weighted by atomic mass is 19.3. The van der Waals surface area contributed by atoms with Crippen molar-refractivity contribution in [3.05, 3.63) is 35.4 Å². The van der Waals surface area contributed by atoms with Crippen LogP contribution in [0.4, 0.5) is 17.6 Å². The second kappa shape index (κ2) is 6.01. The zero-order valence-corrected chi connectivity index (χ0v) is 12.2. The van der Waals surface area contributed by atoms with Crippen LogP contribution in [-0.2, 0) is 16.2 Å². The molecule has 0 atom stereocenters. The minimum absolute atomic E-state index is 0.0400. The Balaban J connectivity index is 3.01. The van der Waals surface area contributed by atoms with Crippen molar-refractivity contribution in [2.24, 2.45) is 5.41 Å². The maximum absolute atomic E-state index is 13.6. The van der Waals surface area contributed by atoms with E-state index in [0.717, 1.165) is 33.1 Å². The molecule has 0 heterocycles. The number of hydrogen-bond acceptors (Lipinski definition) is 2. The first-order valence-corrected chi connectivity index (χ1v) is 6.18. The Hall–Kier alpha value is -1.63. The maximum Gasteiger partial charge on any atom is 0.259 e. The van der Waals surface area contributed by atoms with Crippen LogP contribution in [0.1, 0.15) is 26.3 Å². The summed E-state index contributed by atoms with van der Waals surface area (Å²) in [5, 5.41) is 0.633. The zero-order chi connectivity index (χ0) is 16.4. The molecule has 0 aliphatic heterocycles. The van der Waals surface area contributed by atoms with Crippen LogP contribution in [0.5, 0.6) is 0 Å². The van der Waals surface area contributed by atoms with Crippen molar-refractivity contribution in [1.82, 2.24) is 5.06 Å². The normalized spacial score (nSPS) is 12.4. The Morgan fingerprint density at radius 1 is 1.24 bits per heavy atom. The van der Waals surface area contributed by atoms with Gasteiger partial charge in [0.1, 0.15) is 17.0 Å². The quantitative estimate of drug-likeness (QED) is 0.615. The Bertz CT molecular complexity index is 526. The van der Waals surface area contributed by atoms with Gasteiger partial charge in [0, 0.05) is 18.6 Å². The molecular formula is C14H17F4NO2. The summed E-state index contributed by atoms with van der Waals surface area (Å²) in [6.45, 7) is 2.36. The predicted octanol–water partition coefficient (Wildman–Crippen LogP) is 3.54. The van der Waals surface area contributed by atoms with E-state index in [0.29, 0.717) is 18.1 Å². The van der Waals surface area contributed by atoms with E-state index >= 15 is 0 Å². The van der Waals surface area contributed by atoms with Crippen molar-refractivity contribution in [3.8, 4) is 0 Å². The average Bonchev–Trinajstić information content (AvgIpc) is 2.35. The number of amides is 1. The number of carbonyl (C=O) groups is 1. The molecule has 1 aromatic carbocycles. The molecular weight excluding hydrogens is 290 g/mol. The lowest BCUT2D eigenvalue weighted by Gasteiger charge is -2.34. The molecule has 0 aliphatic rings. The Labute approximate surface area is 120 Å². The van der Waals surface area contributed by atoms with Gasteiger partial charge in [-0.1, -0.05) is 6.07 Å². The first-order chi connectivity index (χ1) is 9.50.